The van der Waals surface area contributed by atoms with Gasteiger partial charge in [0.2, 0.25) is 5.95 Å². The number of pyridine rings is 1. The summed E-state index contributed by atoms with van der Waals surface area (Å²) in [6.07, 6.45) is 2.04. The summed E-state index contributed by atoms with van der Waals surface area (Å²) in [6, 6.07) is 4.11. The SMILES string of the molecule is CC(C)c1ccc2nc(N(C)C)nn2c1. The van der Waals surface area contributed by atoms with E-state index in [0.717, 1.165) is 11.6 Å². The molecule has 0 spiro atoms. The van der Waals surface area contributed by atoms with E-state index < -0.39 is 0 Å². The molecule has 0 aromatic carbocycles. The molecule has 0 saturated heterocycles. The van der Waals surface area contributed by atoms with Gasteiger partial charge < -0.3 is 4.90 Å². The van der Waals surface area contributed by atoms with Gasteiger partial charge in [0.25, 0.3) is 0 Å². The fraction of sp³-hybridized carbons (Fsp3) is 0.455. The number of nitrogens with zero attached hydrogens (tertiary/aromatic N) is 4. The first kappa shape index (κ1) is 9.96. The number of hydrogen-bond acceptors (Lipinski definition) is 3. The van der Waals surface area contributed by atoms with Gasteiger partial charge in [-0.3, -0.25) is 0 Å². The molecule has 80 valence electrons. The Morgan fingerprint density at radius 2 is 2.00 bits per heavy atom. The number of anilines is 1. The van der Waals surface area contributed by atoms with Crippen LogP contribution in [0, 0.1) is 0 Å². The third-order valence-electron chi connectivity index (χ3n) is 2.41. The molecule has 0 N–H and O–H groups in total. The highest BCUT2D eigenvalue weighted by molar-refractivity contribution is 5.45. The molecule has 0 aliphatic heterocycles. The lowest BCUT2D eigenvalue weighted by molar-refractivity contribution is 0.833. The topological polar surface area (TPSA) is 33.4 Å². The van der Waals surface area contributed by atoms with E-state index in [1.807, 2.05) is 35.8 Å². The fourth-order valence-electron chi connectivity index (χ4n) is 1.42. The third kappa shape index (κ3) is 1.79. The second-order valence-electron chi connectivity index (χ2n) is 4.23. The summed E-state index contributed by atoms with van der Waals surface area (Å²) in [4.78, 5) is 6.30. The van der Waals surface area contributed by atoms with E-state index in [4.69, 9.17) is 0 Å². The van der Waals surface area contributed by atoms with Crippen molar-refractivity contribution in [3.05, 3.63) is 23.9 Å². The molecule has 0 fully saturated rings. The van der Waals surface area contributed by atoms with Crippen LogP contribution in [0.3, 0.4) is 0 Å². The van der Waals surface area contributed by atoms with Crippen LogP contribution in [0.1, 0.15) is 25.3 Å². The molecule has 0 unspecified atom stereocenters. The van der Waals surface area contributed by atoms with Crippen LogP contribution in [-0.2, 0) is 0 Å². The fourth-order valence-corrected chi connectivity index (χ4v) is 1.42. The summed E-state index contributed by atoms with van der Waals surface area (Å²) in [7, 11) is 3.89. The van der Waals surface area contributed by atoms with Crippen molar-refractivity contribution in [2.75, 3.05) is 19.0 Å². The highest BCUT2D eigenvalue weighted by Crippen LogP contribution is 2.15. The average Bonchev–Trinajstić information content (AvgIpc) is 2.59. The third-order valence-corrected chi connectivity index (χ3v) is 2.41. The van der Waals surface area contributed by atoms with Gasteiger partial charge in [-0.25, -0.2) is 4.52 Å². The van der Waals surface area contributed by atoms with Crippen LogP contribution >= 0.6 is 0 Å². The Morgan fingerprint density at radius 3 is 2.60 bits per heavy atom. The van der Waals surface area contributed by atoms with Crippen LogP contribution < -0.4 is 4.90 Å². The molecule has 2 rings (SSSR count). The average molecular weight is 204 g/mol. The van der Waals surface area contributed by atoms with Gasteiger partial charge in [-0.15, -0.1) is 5.10 Å². The van der Waals surface area contributed by atoms with E-state index in [-0.39, 0.29) is 0 Å². The zero-order valence-electron chi connectivity index (χ0n) is 9.60. The lowest BCUT2D eigenvalue weighted by Crippen LogP contribution is -2.10. The Kier molecular flexibility index (Phi) is 2.34. The smallest absolute Gasteiger partial charge is 0.245 e. The summed E-state index contributed by atoms with van der Waals surface area (Å²) in [5.41, 5.74) is 2.17. The van der Waals surface area contributed by atoms with Crippen molar-refractivity contribution >= 4 is 11.6 Å². The predicted octanol–water partition coefficient (Wildman–Crippen LogP) is 1.92. The maximum Gasteiger partial charge on any atom is 0.245 e. The van der Waals surface area contributed by atoms with Crippen molar-refractivity contribution in [2.24, 2.45) is 0 Å². The molecule has 0 radical (unpaired) electrons. The highest BCUT2D eigenvalue weighted by atomic mass is 15.4. The standard InChI is InChI=1S/C11H16N4/c1-8(2)9-5-6-10-12-11(14(3)4)13-15(10)7-9/h5-8H,1-4H3. The van der Waals surface area contributed by atoms with E-state index in [2.05, 4.69) is 30.0 Å². The van der Waals surface area contributed by atoms with Crippen LogP contribution in [0.2, 0.25) is 0 Å². The van der Waals surface area contributed by atoms with Crippen molar-refractivity contribution in [3.8, 4) is 0 Å². The van der Waals surface area contributed by atoms with Crippen molar-refractivity contribution in [2.45, 2.75) is 19.8 Å². The minimum absolute atomic E-state index is 0.515. The van der Waals surface area contributed by atoms with Gasteiger partial charge in [-0.1, -0.05) is 19.9 Å². The van der Waals surface area contributed by atoms with Crippen LogP contribution in [0.4, 0.5) is 5.95 Å². The number of rotatable bonds is 2. The molecule has 0 amide bonds. The molecule has 0 aliphatic rings. The number of aromatic nitrogens is 3. The van der Waals surface area contributed by atoms with Gasteiger partial charge in [0, 0.05) is 20.3 Å². The van der Waals surface area contributed by atoms with Crippen LogP contribution in [-0.4, -0.2) is 28.7 Å². The Labute approximate surface area is 89.5 Å². The van der Waals surface area contributed by atoms with Crippen molar-refractivity contribution in [3.63, 3.8) is 0 Å². The normalized spacial score (nSPS) is 11.3. The van der Waals surface area contributed by atoms with Crippen molar-refractivity contribution < 1.29 is 0 Å². The van der Waals surface area contributed by atoms with E-state index in [9.17, 15) is 0 Å². The monoisotopic (exact) mass is 204 g/mol. The molecule has 4 nitrogen and oxygen atoms in total. The summed E-state index contributed by atoms with van der Waals surface area (Å²) in [6.45, 7) is 4.34. The Morgan fingerprint density at radius 1 is 1.27 bits per heavy atom. The second kappa shape index (κ2) is 3.53. The maximum absolute atomic E-state index is 4.39. The van der Waals surface area contributed by atoms with Crippen molar-refractivity contribution in [1.82, 2.24) is 14.6 Å². The first-order valence-corrected chi connectivity index (χ1v) is 5.11. The molecule has 0 saturated carbocycles. The first-order chi connectivity index (χ1) is 7.08. The van der Waals surface area contributed by atoms with Gasteiger partial charge in [-0.05, 0) is 17.5 Å². The second-order valence-corrected chi connectivity index (χ2v) is 4.23. The molecule has 0 aliphatic carbocycles. The summed E-state index contributed by atoms with van der Waals surface area (Å²) in [5.74, 6) is 1.26. The number of fused-ring (bicyclic) bond motifs is 1. The Balaban J connectivity index is 2.52. The summed E-state index contributed by atoms with van der Waals surface area (Å²) < 4.78 is 1.84. The van der Waals surface area contributed by atoms with Crippen LogP contribution in [0.15, 0.2) is 18.3 Å². The van der Waals surface area contributed by atoms with E-state index in [0.29, 0.717) is 5.92 Å². The molecule has 2 aromatic rings. The quantitative estimate of drug-likeness (QED) is 0.749. The highest BCUT2D eigenvalue weighted by Gasteiger charge is 2.06. The minimum atomic E-state index is 0.515. The van der Waals surface area contributed by atoms with E-state index in [1.165, 1.54) is 5.56 Å². The summed E-state index contributed by atoms with van der Waals surface area (Å²) >= 11 is 0. The van der Waals surface area contributed by atoms with Crippen LogP contribution in [0.5, 0.6) is 0 Å². The van der Waals surface area contributed by atoms with Gasteiger partial charge in [0.15, 0.2) is 5.65 Å². The molecule has 15 heavy (non-hydrogen) atoms. The summed E-state index contributed by atoms with van der Waals surface area (Å²) in [5, 5.41) is 4.39. The molecular formula is C11H16N4. The van der Waals surface area contributed by atoms with Crippen molar-refractivity contribution in [1.29, 1.82) is 0 Å². The van der Waals surface area contributed by atoms with Gasteiger partial charge >= 0.3 is 0 Å². The largest absolute Gasteiger partial charge is 0.346 e. The van der Waals surface area contributed by atoms with Gasteiger partial charge in [0.1, 0.15) is 0 Å². The lowest BCUT2D eigenvalue weighted by Gasteiger charge is -2.04. The van der Waals surface area contributed by atoms with Gasteiger partial charge in [0.05, 0.1) is 0 Å². The predicted molar refractivity (Wildman–Crippen MR) is 61.4 cm³/mol. The molecule has 4 heteroatoms. The molecular weight excluding hydrogens is 188 g/mol. The first-order valence-electron chi connectivity index (χ1n) is 5.11. The van der Waals surface area contributed by atoms with Crippen LogP contribution in [0.25, 0.3) is 5.65 Å². The molecule has 0 bridgehead atoms. The lowest BCUT2D eigenvalue weighted by atomic mass is 10.1. The Bertz CT molecular complexity index is 464. The molecule has 0 atom stereocenters. The zero-order valence-corrected chi connectivity index (χ0v) is 9.60. The molecule has 2 aromatic heterocycles. The van der Waals surface area contributed by atoms with Gasteiger partial charge in [-0.2, -0.15) is 4.98 Å². The Hall–Kier alpha value is -1.58. The van der Waals surface area contributed by atoms with E-state index >= 15 is 0 Å². The molecule has 2 heterocycles. The zero-order chi connectivity index (χ0) is 11.0. The minimum Gasteiger partial charge on any atom is -0.346 e. The maximum atomic E-state index is 4.39. The number of hydrogen-bond donors (Lipinski definition) is 0. The van der Waals surface area contributed by atoms with E-state index in [1.54, 1.807) is 0 Å².